The zero-order chi connectivity index (χ0) is 16.6. The molecule has 4 nitrogen and oxygen atoms in total. The van der Waals surface area contributed by atoms with E-state index < -0.39 is 18.0 Å². The van der Waals surface area contributed by atoms with Crippen LogP contribution in [0.3, 0.4) is 0 Å². The van der Waals surface area contributed by atoms with Gasteiger partial charge in [-0.15, -0.1) is 0 Å². The molecule has 1 atom stereocenters. The molecule has 0 saturated heterocycles. The molecule has 0 spiro atoms. The number of hydrogen-bond acceptors (Lipinski definition) is 4. The number of aromatic nitrogens is 1. The molecule has 0 aliphatic carbocycles. The number of fused-ring (bicyclic) bond motifs is 3. The van der Waals surface area contributed by atoms with Crippen molar-refractivity contribution in [2.24, 2.45) is 4.99 Å². The van der Waals surface area contributed by atoms with Crippen LogP contribution in [0.4, 0.5) is 18.9 Å². The molecule has 1 aliphatic rings. The highest BCUT2D eigenvalue weighted by atomic mass is 19.4. The lowest BCUT2D eigenvalue weighted by Crippen LogP contribution is -2.31. The Hall–Kier alpha value is -2.15. The van der Waals surface area contributed by atoms with Gasteiger partial charge in [0.05, 0.1) is 28.8 Å². The van der Waals surface area contributed by atoms with E-state index in [0.717, 1.165) is 18.7 Å². The number of aliphatic imine (C=N–C) groups is 1. The maximum Gasteiger partial charge on any atom is 0.417 e. The van der Waals surface area contributed by atoms with E-state index in [4.69, 9.17) is 9.47 Å². The van der Waals surface area contributed by atoms with Gasteiger partial charge in [-0.3, -0.25) is 4.98 Å². The maximum absolute atomic E-state index is 13.3. The van der Waals surface area contributed by atoms with E-state index in [-0.39, 0.29) is 16.7 Å². The molecule has 1 aromatic carbocycles. The summed E-state index contributed by atoms with van der Waals surface area (Å²) in [6.07, 6.45) is -3.38. The van der Waals surface area contributed by atoms with Crippen LogP contribution in [0.5, 0.6) is 5.75 Å². The predicted molar refractivity (Wildman–Crippen MR) is 80.2 cm³/mol. The monoisotopic (exact) mass is 324 g/mol. The molecule has 23 heavy (non-hydrogen) atoms. The SMILES string of the molecule is CCCOC1Oc2c(ccc3nccc(C(F)(F)F)c23)N=C1C. The lowest BCUT2D eigenvalue weighted by molar-refractivity contribution is -0.136. The van der Waals surface area contributed by atoms with Gasteiger partial charge in [-0.1, -0.05) is 6.92 Å². The van der Waals surface area contributed by atoms with Crippen molar-refractivity contribution in [3.8, 4) is 5.75 Å². The zero-order valence-corrected chi connectivity index (χ0v) is 12.6. The van der Waals surface area contributed by atoms with E-state index in [9.17, 15) is 13.2 Å². The lowest BCUT2D eigenvalue weighted by atomic mass is 10.1. The minimum Gasteiger partial charge on any atom is -0.456 e. The molecule has 122 valence electrons. The Morgan fingerprint density at radius 2 is 2.04 bits per heavy atom. The Morgan fingerprint density at radius 3 is 2.74 bits per heavy atom. The van der Waals surface area contributed by atoms with Crippen molar-refractivity contribution in [2.45, 2.75) is 32.7 Å². The normalized spacial score (nSPS) is 17.6. The van der Waals surface area contributed by atoms with Crippen molar-refractivity contribution in [1.82, 2.24) is 4.98 Å². The third-order valence-electron chi connectivity index (χ3n) is 3.48. The summed E-state index contributed by atoms with van der Waals surface area (Å²) < 4.78 is 51.2. The second kappa shape index (κ2) is 5.81. The van der Waals surface area contributed by atoms with Gasteiger partial charge in [0.2, 0.25) is 6.29 Å². The zero-order valence-electron chi connectivity index (χ0n) is 12.6. The van der Waals surface area contributed by atoms with Crippen LogP contribution in [0, 0.1) is 0 Å². The van der Waals surface area contributed by atoms with E-state index in [1.54, 1.807) is 13.0 Å². The van der Waals surface area contributed by atoms with Gasteiger partial charge in [-0.25, -0.2) is 4.99 Å². The van der Waals surface area contributed by atoms with Gasteiger partial charge >= 0.3 is 6.18 Å². The van der Waals surface area contributed by atoms with Gasteiger partial charge in [0.1, 0.15) is 5.69 Å². The fraction of sp³-hybridized carbons (Fsp3) is 0.375. The summed E-state index contributed by atoms with van der Waals surface area (Å²) in [5.41, 5.74) is 0.346. The predicted octanol–water partition coefficient (Wildman–Crippen LogP) is 4.49. The second-order valence-electron chi connectivity index (χ2n) is 5.24. The molecule has 7 heteroatoms. The van der Waals surface area contributed by atoms with Gasteiger partial charge in [0.15, 0.2) is 5.75 Å². The minimum atomic E-state index is -4.50. The van der Waals surface area contributed by atoms with Gasteiger partial charge in [0, 0.05) is 6.20 Å². The minimum absolute atomic E-state index is 0.0645. The van der Waals surface area contributed by atoms with E-state index >= 15 is 0 Å². The molecule has 3 rings (SSSR count). The Labute approximate surface area is 131 Å². The van der Waals surface area contributed by atoms with Crippen LogP contribution < -0.4 is 4.74 Å². The number of hydrogen-bond donors (Lipinski definition) is 0. The largest absolute Gasteiger partial charge is 0.456 e. The van der Waals surface area contributed by atoms with Crippen LogP contribution in [-0.4, -0.2) is 23.6 Å². The fourth-order valence-electron chi connectivity index (χ4n) is 2.46. The molecule has 2 heterocycles. The molecule has 0 amide bonds. The van der Waals surface area contributed by atoms with Crippen molar-refractivity contribution in [3.05, 3.63) is 30.0 Å². The van der Waals surface area contributed by atoms with Crippen molar-refractivity contribution in [2.75, 3.05) is 6.61 Å². The summed E-state index contributed by atoms with van der Waals surface area (Å²) in [4.78, 5) is 8.33. The smallest absolute Gasteiger partial charge is 0.417 e. The Balaban J connectivity index is 2.18. The first-order chi connectivity index (χ1) is 10.9. The Bertz CT molecular complexity index is 772. The van der Waals surface area contributed by atoms with E-state index in [1.165, 1.54) is 6.07 Å². The summed E-state index contributed by atoms with van der Waals surface area (Å²) in [7, 11) is 0. The summed E-state index contributed by atoms with van der Waals surface area (Å²) in [6.45, 7) is 4.09. The highest BCUT2D eigenvalue weighted by Crippen LogP contribution is 2.44. The van der Waals surface area contributed by atoms with Crippen LogP contribution >= 0.6 is 0 Å². The molecular weight excluding hydrogens is 309 g/mol. The molecule has 0 N–H and O–H groups in total. The quantitative estimate of drug-likeness (QED) is 0.835. The van der Waals surface area contributed by atoms with Crippen LogP contribution in [0.2, 0.25) is 0 Å². The van der Waals surface area contributed by atoms with Crippen LogP contribution in [0.1, 0.15) is 25.8 Å². The third-order valence-corrected chi connectivity index (χ3v) is 3.48. The first-order valence-electron chi connectivity index (χ1n) is 7.24. The second-order valence-corrected chi connectivity index (χ2v) is 5.24. The van der Waals surface area contributed by atoms with Crippen molar-refractivity contribution < 1.29 is 22.6 Å². The molecule has 1 aromatic heterocycles. The Kier molecular flexibility index (Phi) is 3.97. The van der Waals surface area contributed by atoms with Crippen LogP contribution in [0.15, 0.2) is 29.4 Å². The number of ether oxygens (including phenoxy) is 2. The van der Waals surface area contributed by atoms with Crippen molar-refractivity contribution >= 4 is 22.3 Å². The third kappa shape index (κ3) is 2.88. The van der Waals surface area contributed by atoms with Gasteiger partial charge in [0.25, 0.3) is 0 Å². The average molecular weight is 324 g/mol. The molecular formula is C16H15F3N2O2. The topological polar surface area (TPSA) is 43.7 Å². The summed E-state index contributed by atoms with van der Waals surface area (Å²) >= 11 is 0. The van der Waals surface area contributed by atoms with Gasteiger partial charge in [-0.05, 0) is 31.5 Å². The lowest BCUT2D eigenvalue weighted by Gasteiger charge is -2.26. The first kappa shape index (κ1) is 15.7. The first-order valence-corrected chi connectivity index (χ1v) is 7.24. The van der Waals surface area contributed by atoms with E-state index in [2.05, 4.69) is 9.98 Å². The number of alkyl halides is 3. The summed E-state index contributed by atoms with van der Waals surface area (Å²) in [6, 6.07) is 4.06. The molecule has 1 aliphatic heterocycles. The molecule has 0 fully saturated rings. The van der Waals surface area contributed by atoms with Crippen LogP contribution in [0.25, 0.3) is 10.9 Å². The number of nitrogens with zero attached hydrogens (tertiary/aromatic N) is 2. The maximum atomic E-state index is 13.3. The number of pyridine rings is 1. The van der Waals surface area contributed by atoms with Crippen molar-refractivity contribution in [3.63, 3.8) is 0 Å². The molecule has 2 aromatic rings. The van der Waals surface area contributed by atoms with E-state index in [0.29, 0.717) is 18.0 Å². The van der Waals surface area contributed by atoms with Gasteiger partial charge < -0.3 is 9.47 Å². The highest BCUT2D eigenvalue weighted by Gasteiger charge is 2.36. The van der Waals surface area contributed by atoms with Crippen LogP contribution in [-0.2, 0) is 10.9 Å². The molecule has 1 unspecified atom stereocenters. The van der Waals surface area contributed by atoms with E-state index in [1.807, 2.05) is 6.92 Å². The number of benzene rings is 1. The standard InChI is InChI=1S/C16H15F3N2O2/c1-3-8-22-15-9(2)21-12-5-4-11-13(14(12)23-15)10(6-7-20-11)16(17,18)19/h4-7,15H,3,8H2,1-2H3. The summed E-state index contributed by atoms with van der Waals surface area (Å²) in [5.74, 6) is 0.0645. The fourth-order valence-corrected chi connectivity index (χ4v) is 2.46. The number of rotatable bonds is 3. The molecule has 0 saturated carbocycles. The Morgan fingerprint density at radius 1 is 1.26 bits per heavy atom. The summed E-state index contributed by atoms with van der Waals surface area (Å²) in [5, 5.41) is -0.0844. The number of halogens is 3. The highest BCUT2D eigenvalue weighted by molar-refractivity contribution is 5.98. The average Bonchev–Trinajstić information content (AvgIpc) is 2.51. The van der Waals surface area contributed by atoms with Crippen molar-refractivity contribution in [1.29, 1.82) is 0 Å². The molecule has 0 radical (unpaired) electrons. The van der Waals surface area contributed by atoms with Gasteiger partial charge in [-0.2, -0.15) is 13.2 Å². The molecule has 0 bridgehead atoms.